The van der Waals surface area contributed by atoms with Crippen molar-refractivity contribution in [1.82, 2.24) is 15.3 Å². The fraction of sp³-hybridized carbons (Fsp3) is 0.333. The number of fused-ring (bicyclic) bond motifs is 1. The normalized spacial score (nSPS) is 10.9. The maximum Gasteiger partial charge on any atom is 0.230 e. The number of H-pyrrole nitrogens is 1. The number of amides is 1. The molecule has 1 heterocycles. The lowest BCUT2D eigenvalue weighted by Crippen LogP contribution is -2.25. The topological polar surface area (TPSA) is 57.8 Å². The van der Waals surface area contributed by atoms with Crippen LogP contribution in [0.25, 0.3) is 11.0 Å². The van der Waals surface area contributed by atoms with Crippen molar-refractivity contribution in [2.75, 3.05) is 12.3 Å². The number of carbonyl (C=O) groups is 1. The first-order chi connectivity index (χ1) is 9.10. The molecule has 0 unspecified atom stereocenters. The van der Waals surface area contributed by atoms with Gasteiger partial charge in [0, 0.05) is 11.6 Å². The van der Waals surface area contributed by atoms with Gasteiger partial charge in [-0.2, -0.15) is 0 Å². The van der Waals surface area contributed by atoms with E-state index < -0.39 is 0 Å². The summed E-state index contributed by atoms with van der Waals surface area (Å²) >= 11 is 13.3. The summed E-state index contributed by atoms with van der Waals surface area (Å²) < 4.78 is 0. The van der Waals surface area contributed by atoms with Crippen LogP contribution in [0.15, 0.2) is 17.3 Å². The number of hydrogen-bond donors (Lipinski definition) is 2. The average molecular weight is 318 g/mol. The molecular formula is C12H13Cl2N3OS. The monoisotopic (exact) mass is 317 g/mol. The second-order valence-corrected chi connectivity index (χ2v) is 5.77. The van der Waals surface area contributed by atoms with Gasteiger partial charge in [0.2, 0.25) is 5.91 Å². The number of rotatable bonds is 5. The molecule has 2 rings (SSSR count). The van der Waals surface area contributed by atoms with Crippen molar-refractivity contribution in [2.45, 2.75) is 18.5 Å². The van der Waals surface area contributed by atoms with Crippen LogP contribution in [0.5, 0.6) is 0 Å². The number of nitrogens with one attached hydrogen (secondary N) is 2. The molecule has 2 N–H and O–H groups in total. The molecule has 0 bridgehead atoms. The molecule has 1 amide bonds. The number of halogens is 2. The van der Waals surface area contributed by atoms with Crippen LogP contribution >= 0.6 is 35.0 Å². The predicted molar refractivity (Wildman–Crippen MR) is 80.1 cm³/mol. The zero-order valence-corrected chi connectivity index (χ0v) is 12.6. The summed E-state index contributed by atoms with van der Waals surface area (Å²) in [5.74, 6) is 0.321. The van der Waals surface area contributed by atoms with Gasteiger partial charge in [0.15, 0.2) is 5.16 Å². The number of thioether (sulfide) groups is 1. The molecule has 0 saturated carbocycles. The van der Waals surface area contributed by atoms with Crippen LogP contribution in [-0.4, -0.2) is 28.2 Å². The maximum atomic E-state index is 11.5. The van der Waals surface area contributed by atoms with Crippen molar-refractivity contribution in [3.8, 4) is 0 Å². The molecule has 1 aromatic carbocycles. The highest BCUT2D eigenvalue weighted by Gasteiger charge is 2.09. The van der Waals surface area contributed by atoms with E-state index in [0.29, 0.717) is 33.0 Å². The van der Waals surface area contributed by atoms with Crippen molar-refractivity contribution in [3.05, 3.63) is 22.2 Å². The number of carbonyl (C=O) groups excluding carboxylic acids is 1. The van der Waals surface area contributed by atoms with Gasteiger partial charge in [0.25, 0.3) is 0 Å². The van der Waals surface area contributed by atoms with Gasteiger partial charge in [-0.1, -0.05) is 41.9 Å². The minimum atomic E-state index is -0.00330. The Bertz CT molecular complexity index is 600. The van der Waals surface area contributed by atoms with Crippen LogP contribution in [0.1, 0.15) is 13.3 Å². The molecule has 1 aromatic heterocycles. The van der Waals surface area contributed by atoms with Gasteiger partial charge in [-0.25, -0.2) is 4.98 Å². The first-order valence-corrected chi connectivity index (χ1v) is 7.58. The minimum Gasteiger partial charge on any atom is -0.355 e. The van der Waals surface area contributed by atoms with E-state index in [-0.39, 0.29) is 5.91 Å². The molecule has 0 saturated heterocycles. The summed E-state index contributed by atoms with van der Waals surface area (Å²) in [7, 11) is 0. The van der Waals surface area contributed by atoms with Gasteiger partial charge >= 0.3 is 0 Å². The second kappa shape index (κ2) is 6.50. The molecule has 7 heteroatoms. The fourth-order valence-electron chi connectivity index (χ4n) is 1.54. The summed E-state index contributed by atoms with van der Waals surface area (Å²) in [5.41, 5.74) is 1.44. The molecule has 0 aliphatic rings. The van der Waals surface area contributed by atoms with Gasteiger partial charge in [-0.15, -0.1) is 0 Å². The van der Waals surface area contributed by atoms with E-state index in [0.717, 1.165) is 11.9 Å². The molecule has 0 spiro atoms. The van der Waals surface area contributed by atoms with E-state index in [1.165, 1.54) is 11.8 Å². The van der Waals surface area contributed by atoms with Crippen molar-refractivity contribution in [2.24, 2.45) is 0 Å². The highest BCUT2D eigenvalue weighted by atomic mass is 35.5. The molecule has 2 aromatic rings. The van der Waals surface area contributed by atoms with Crippen LogP contribution in [0.4, 0.5) is 0 Å². The lowest BCUT2D eigenvalue weighted by molar-refractivity contribution is -0.118. The first kappa shape index (κ1) is 14.5. The third kappa shape index (κ3) is 3.78. The lowest BCUT2D eigenvalue weighted by atomic mass is 10.3. The highest BCUT2D eigenvalue weighted by Crippen LogP contribution is 2.28. The Morgan fingerprint density at radius 3 is 3.00 bits per heavy atom. The summed E-state index contributed by atoms with van der Waals surface area (Å²) in [4.78, 5) is 18.9. The Balaban J connectivity index is 2.06. The Morgan fingerprint density at radius 1 is 1.47 bits per heavy atom. The van der Waals surface area contributed by atoms with Crippen molar-refractivity contribution >= 4 is 51.9 Å². The molecule has 102 valence electrons. The van der Waals surface area contributed by atoms with Crippen LogP contribution in [0, 0.1) is 0 Å². The summed E-state index contributed by atoms with van der Waals surface area (Å²) in [6, 6.07) is 3.41. The number of aromatic amines is 1. The third-order valence-corrected chi connectivity index (χ3v) is 3.77. The van der Waals surface area contributed by atoms with E-state index >= 15 is 0 Å². The minimum absolute atomic E-state index is 0.00330. The number of aromatic nitrogens is 2. The number of hydrogen-bond acceptors (Lipinski definition) is 3. The molecule has 0 fully saturated rings. The number of benzene rings is 1. The smallest absolute Gasteiger partial charge is 0.230 e. The maximum absolute atomic E-state index is 11.5. The fourth-order valence-corrected chi connectivity index (χ4v) is 2.78. The van der Waals surface area contributed by atoms with E-state index in [9.17, 15) is 4.79 Å². The molecule has 19 heavy (non-hydrogen) atoms. The molecule has 0 atom stereocenters. The number of nitrogens with zero attached hydrogens (tertiary/aromatic N) is 1. The zero-order valence-electron chi connectivity index (χ0n) is 10.3. The van der Waals surface area contributed by atoms with E-state index in [4.69, 9.17) is 23.2 Å². The molecule has 4 nitrogen and oxygen atoms in total. The van der Waals surface area contributed by atoms with Crippen LogP contribution in [0.3, 0.4) is 0 Å². The SMILES string of the molecule is CCCNC(=O)CSc1nc2c(Cl)cc(Cl)cc2[nH]1. The van der Waals surface area contributed by atoms with Gasteiger partial charge in [0.05, 0.1) is 16.3 Å². The predicted octanol–water partition coefficient (Wildman–Crippen LogP) is 3.49. The lowest BCUT2D eigenvalue weighted by Gasteiger charge is -2.00. The average Bonchev–Trinajstić information content (AvgIpc) is 2.77. The zero-order chi connectivity index (χ0) is 13.8. The third-order valence-electron chi connectivity index (χ3n) is 2.40. The summed E-state index contributed by atoms with van der Waals surface area (Å²) in [6.07, 6.45) is 0.926. The van der Waals surface area contributed by atoms with Gasteiger partial charge in [-0.3, -0.25) is 4.79 Å². The van der Waals surface area contributed by atoms with Gasteiger partial charge in [0.1, 0.15) is 5.52 Å². The van der Waals surface area contributed by atoms with E-state index in [1.54, 1.807) is 12.1 Å². The van der Waals surface area contributed by atoms with Crippen LogP contribution < -0.4 is 5.32 Å². The molecule has 0 radical (unpaired) electrons. The Hall–Kier alpha value is -0.910. The molecular weight excluding hydrogens is 305 g/mol. The van der Waals surface area contributed by atoms with Crippen molar-refractivity contribution in [1.29, 1.82) is 0 Å². The summed E-state index contributed by atoms with van der Waals surface area (Å²) in [5, 5.41) is 4.52. The van der Waals surface area contributed by atoms with Crippen molar-refractivity contribution in [3.63, 3.8) is 0 Å². The standard InChI is InChI=1S/C12H13Cl2N3OS/c1-2-3-15-10(18)6-19-12-16-9-5-7(13)4-8(14)11(9)17-12/h4-5H,2-3,6H2,1H3,(H,15,18)(H,16,17). The van der Waals surface area contributed by atoms with E-state index in [2.05, 4.69) is 15.3 Å². The number of imidazole rings is 1. The van der Waals surface area contributed by atoms with Crippen molar-refractivity contribution < 1.29 is 4.79 Å². The largest absolute Gasteiger partial charge is 0.355 e. The quantitative estimate of drug-likeness (QED) is 0.830. The molecule has 0 aliphatic carbocycles. The van der Waals surface area contributed by atoms with Crippen LogP contribution in [0.2, 0.25) is 10.0 Å². The first-order valence-electron chi connectivity index (χ1n) is 5.84. The second-order valence-electron chi connectivity index (χ2n) is 3.96. The van der Waals surface area contributed by atoms with E-state index in [1.807, 2.05) is 6.92 Å². The van der Waals surface area contributed by atoms with Gasteiger partial charge < -0.3 is 10.3 Å². The molecule has 0 aliphatic heterocycles. The van der Waals surface area contributed by atoms with Crippen LogP contribution in [-0.2, 0) is 4.79 Å². The van der Waals surface area contributed by atoms with Gasteiger partial charge in [-0.05, 0) is 18.6 Å². The Morgan fingerprint density at radius 2 is 2.26 bits per heavy atom. The highest BCUT2D eigenvalue weighted by molar-refractivity contribution is 7.99. The Labute approximate surface area is 125 Å². The summed E-state index contributed by atoms with van der Waals surface area (Å²) in [6.45, 7) is 2.71. The Kier molecular flexibility index (Phi) is 4.96.